The SMILES string of the molecule is CC1CN(c2[c-]c[c-]c(NS(=O)[O-])c2)C[CH-]N1C.[Ra].[Rb+].[Re].[Rf].[Y]. The quantitative estimate of drug-likeness (QED) is 0.276. The Kier molecular flexibility index (Phi) is 24.8. The van der Waals surface area contributed by atoms with Crippen molar-refractivity contribution in [2.75, 3.05) is 29.8 Å². The van der Waals surface area contributed by atoms with Gasteiger partial charge in [-0.05, 0) is 13.1 Å². The fourth-order valence-electron chi connectivity index (χ4n) is 1.87. The summed E-state index contributed by atoms with van der Waals surface area (Å²) < 4.78 is 23.5. The summed E-state index contributed by atoms with van der Waals surface area (Å²) in [7, 11) is 2.05. The van der Waals surface area contributed by atoms with E-state index in [-0.39, 0.29) is 156 Å². The number of hydrogen-bond acceptors (Lipinski definition) is 4. The average molecular weight is 1120 g/mol. The van der Waals surface area contributed by atoms with Gasteiger partial charge in [0, 0.05) is 116 Å². The second-order valence-corrected chi connectivity index (χ2v) is 4.99. The van der Waals surface area contributed by atoms with Crippen LogP contribution in [0.25, 0.3) is 0 Å². The molecule has 1 aromatic rings. The van der Waals surface area contributed by atoms with Crippen LogP contribution in [0.4, 0.5) is 11.4 Å². The Morgan fingerprint density at radius 2 is 2.09 bits per heavy atom. The summed E-state index contributed by atoms with van der Waals surface area (Å²) in [6.07, 6.45) is 0. The van der Waals surface area contributed by atoms with Gasteiger partial charge < -0.3 is 37.3 Å². The summed E-state index contributed by atoms with van der Waals surface area (Å²) in [5.74, 6) is 0. The van der Waals surface area contributed by atoms with E-state index in [4.69, 9.17) is 0 Å². The van der Waals surface area contributed by atoms with Crippen molar-refractivity contribution in [2.45, 2.75) is 13.0 Å². The summed E-state index contributed by atoms with van der Waals surface area (Å²) in [6, 6.07) is 9.63. The zero-order valence-corrected chi connectivity index (χ0v) is 37.2. The molecule has 1 fully saturated rings. The second kappa shape index (κ2) is 17.1. The van der Waals surface area contributed by atoms with Crippen molar-refractivity contribution in [1.82, 2.24) is 4.90 Å². The van der Waals surface area contributed by atoms with E-state index in [1.54, 1.807) is 12.1 Å². The number of benzene rings is 1. The Balaban J connectivity index is -0.000000361. The first-order valence-corrected chi connectivity index (χ1v) is 6.73. The molecule has 4 radical (unpaired) electrons. The van der Waals surface area contributed by atoms with Crippen LogP contribution in [0.3, 0.4) is 0 Å². The van der Waals surface area contributed by atoms with Crippen molar-refractivity contribution < 1.29 is 165 Å². The average Bonchev–Trinajstić information content (AvgIpc) is 2.32. The van der Waals surface area contributed by atoms with Crippen LogP contribution in [0.1, 0.15) is 6.92 Å². The minimum absolute atomic E-state index is 0. The summed E-state index contributed by atoms with van der Waals surface area (Å²) >= 11 is -2.32. The number of rotatable bonds is 3. The third kappa shape index (κ3) is 11.4. The first kappa shape index (κ1) is 33.5. The number of likely N-dealkylation sites (N-methyl/N-ethyl adjacent to an activating group) is 1. The van der Waals surface area contributed by atoms with Gasteiger partial charge in [0.1, 0.15) is 0 Å². The van der Waals surface area contributed by atoms with E-state index < -0.39 is 11.3 Å². The molecule has 0 spiro atoms. The number of hydrogen-bond donors (Lipinski definition) is 1. The third-order valence-corrected chi connectivity index (χ3v) is 3.42. The van der Waals surface area contributed by atoms with Crippen molar-refractivity contribution in [1.29, 1.82) is 0 Å². The first-order valence-electron chi connectivity index (χ1n) is 5.66. The molecule has 2 atom stereocenters. The number of anilines is 2. The van der Waals surface area contributed by atoms with E-state index in [1.165, 1.54) is 0 Å². The van der Waals surface area contributed by atoms with Gasteiger partial charge in [0.15, 0.2) is 0 Å². The third-order valence-electron chi connectivity index (χ3n) is 3.03. The molecule has 1 heterocycles. The molecule has 11 heteroatoms. The summed E-state index contributed by atoms with van der Waals surface area (Å²) in [5, 5.41) is 0. The van der Waals surface area contributed by atoms with Gasteiger partial charge in [0.2, 0.25) is 0 Å². The predicted octanol–water partition coefficient (Wildman–Crippen LogP) is -2.21. The molecule has 1 N–H and O–H groups in total. The zero-order valence-electron chi connectivity index (χ0n) is 13.7. The van der Waals surface area contributed by atoms with Crippen molar-refractivity contribution in [2.24, 2.45) is 0 Å². The number of piperazine rings is 1. The van der Waals surface area contributed by atoms with Crippen molar-refractivity contribution >= 4 is 22.6 Å². The van der Waals surface area contributed by atoms with E-state index in [9.17, 15) is 8.76 Å². The molecule has 1 saturated heterocycles. The Bertz CT molecular complexity index is 470. The molecule has 23 heavy (non-hydrogen) atoms. The summed E-state index contributed by atoms with van der Waals surface area (Å²) in [6.45, 7) is 5.93. The van der Waals surface area contributed by atoms with E-state index in [1.807, 2.05) is 0 Å². The predicted molar refractivity (Wildman–Crippen MR) is 70.4 cm³/mol. The summed E-state index contributed by atoms with van der Waals surface area (Å²) in [4.78, 5) is 4.33. The fourth-order valence-corrected chi connectivity index (χ4v) is 2.16. The van der Waals surface area contributed by atoms with Gasteiger partial charge in [-0.25, -0.2) is 12.6 Å². The topological polar surface area (TPSA) is 58.6 Å². The number of nitrogens with zero attached hydrogens (tertiary/aromatic N) is 2. The maximum absolute atomic E-state index is 10.6. The van der Waals surface area contributed by atoms with Crippen LogP contribution in [0.2, 0.25) is 0 Å². The van der Waals surface area contributed by atoms with E-state index >= 15 is 0 Å². The van der Waals surface area contributed by atoms with E-state index in [0.29, 0.717) is 11.7 Å². The molecule has 0 aliphatic carbocycles. The second-order valence-electron chi connectivity index (χ2n) is 4.32. The summed E-state index contributed by atoms with van der Waals surface area (Å²) in [5.41, 5.74) is 1.31. The minimum Gasteiger partial charge on any atom is -0.755 e. The zero-order chi connectivity index (χ0) is 13.1. The Morgan fingerprint density at radius 1 is 1.48 bits per heavy atom. The first-order chi connectivity index (χ1) is 8.56. The molecule has 0 amide bonds. The van der Waals surface area contributed by atoms with Gasteiger partial charge in [0.05, 0.1) is 0 Å². The molecule has 5 nitrogen and oxygen atoms in total. The van der Waals surface area contributed by atoms with Gasteiger partial charge >= 0.3 is 58.2 Å². The Hall–Kier alpha value is 2.93. The van der Waals surface area contributed by atoms with Crippen molar-refractivity contribution in [3.05, 3.63) is 30.8 Å². The van der Waals surface area contributed by atoms with Gasteiger partial charge in [-0.3, -0.25) is 4.21 Å². The van der Waals surface area contributed by atoms with Crippen LogP contribution in [0.15, 0.2) is 12.1 Å². The van der Waals surface area contributed by atoms with E-state index in [0.717, 1.165) is 18.8 Å². The van der Waals surface area contributed by atoms with Crippen LogP contribution in [0.5, 0.6) is 0 Å². The smallest absolute Gasteiger partial charge is 0.755 e. The van der Waals surface area contributed by atoms with Gasteiger partial charge in [-0.15, -0.1) is 0 Å². The molecule has 114 valence electrons. The monoisotopic (exact) mass is 1120 g/mol. The molecule has 0 saturated carbocycles. The Morgan fingerprint density at radius 3 is 2.61 bits per heavy atom. The normalized spacial score (nSPS) is 17.9. The van der Waals surface area contributed by atoms with Crippen molar-refractivity contribution in [3.63, 3.8) is 0 Å². The molecular formula is C12H15N3O2RaRbReRfSY-3. The molecule has 1 aliphatic rings. The van der Waals surface area contributed by atoms with Gasteiger partial charge in [-0.2, -0.15) is 11.4 Å². The molecule has 0 aromatic heterocycles. The van der Waals surface area contributed by atoms with Crippen molar-refractivity contribution in [3.8, 4) is 0 Å². The molecule has 1 aromatic carbocycles. The minimum atomic E-state index is -2.32. The van der Waals surface area contributed by atoms with Crippen LogP contribution >= 0.6 is 0 Å². The largest absolute Gasteiger partial charge is 1.00 e. The molecule has 1 aliphatic heterocycles. The molecule has 2 unspecified atom stereocenters. The molecule has 0 bridgehead atoms. The van der Waals surface area contributed by atoms with Crippen LogP contribution in [-0.4, -0.2) is 39.8 Å². The molecule has 2 rings (SSSR count). The standard InChI is InChI=1S/C12H16N3O2S.Ra.Rb.Re.Rf.Y/c1-10-9-15(7-6-14(10)2)12-5-3-4-11(8-12)13-18(16)17;;;;;/h3,6,8,10,13H,7,9H2,1-2H3,(H,16,17);;;;;/q-3;;+1;;;/p-1. The van der Waals surface area contributed by atoms with Crippen LogP contribution in [0, 0.1) is 63.7 Å². The van der Waals surface area contributed by atoms with Gasteiger partial charge in [0.25, 0.3) is 0 Å². The van der Waals surface area contributed by atoms with Crippen LogP contribution < -0.4 is 67.8 Å². The van der Waals surface area contributed by atoms with Crippen LogP contribution in [-0.2, 0) is 64.4 Å². The van der Waals surface area contributed by atoms with Gasteiger partial charge in [-0.1, -0.05) is 13.5 Å². The number of nitrogens with one attached hydrogen (secondary N) is 1. The van der Waals surface area contributed by atoms with E-state index in [2.05, 4.69) is 47.2 Å². The fraction of sp³-hybridized carbons (Fsp3) is 0.417. The molecular weight excluding hydrogens is 1100 g/mol. The Labute approximate surface area is 260 Å². The maximum atomic E-state index is 10.6. The maximum Gasteiger partial charge on any atom is 1.00 e.